The monoisotopic (exact) mass is 351 g/mol. The third-order valence-electron chi connectivity index (χ3n) is 5.13. The van der Waals surface area contributed by atoms with Gasteiger partial charge in [0.1, 0.15) is 5.82 Å². The van der Waals surface area contributed by atoms with Gasteiger partial charge in [0.05, 0.1) is 22.3 Å². The van der Waals surface area contributed by atoms with Gasteiger partial charge in [-0.1, -0.05) is 19.1 Å². The Kier molecular flexibility index (Phi) is 4.49. The van der Waals surface area contributed by atoms with Crippen molar-refractivity contribution in [3.05, 3.63) is 47.5 Å². The van der Waals surface area contributed by atoms with Gasteiger partial charge < -0.3 is 9.88 Å². The van der Waals surface area contributed by atoms with Gasteiger partial charge >= 0.3 is 0 Å². The van der Waals surface area contributed by atoms with E-state index in [4.69, 9.17) is 4.98 Å². The fourth-order valence-corrected chi connectivity index (χ4v) is 3.79. The van der Waals surface area contributed by atoms with Gasteiger partial charge in [-0.3, -0.25) is 9.48 Å². The molecule has 1 aliphatic heterocycles. The zero-order valence-electron chi connectivity index (χ0n) is 15.4. The van der Waals surface area contributed by atoms with Crippen LogP contribution in [0.4, 0.5) is 0 Å². The molecular weight excluding hydrogens is 326 g/mol. The average Bonchev–Trinajstić information content (AvgIpc) is 3.25. The van der Waals surface area contributed by atoms with Crippen molar-refractivity contribution in [2.24, 2.45) is 0 Å². The molecule has 0 bridgehead atoms. The van der Waals surface area contributed by atoms with E-state index < -0.39 is 0 Å². The van der Waals surface area contributed by atoms with Crippen LogP contribution in [0.1, 0.15) is 54.0 Å². The van der Waals surface area contributed by atoms with E-state index >= 15 is 0 Å². The Morgan fingerprint density at radius 2 is 2.19 bits per heavy atom. The highest BCUT2D eigenvalue weighted by atomic mass is 16.2. The number of amides is 1. The van der Waals surface area contributed by atoms with Crippen molar-refractivity contribution in [2.45, 2.75) is 45.6 Å². The van der Waals surface area contributed by atoms with Gasteiger partial charge in [-0.25, -0.2) is 4.98 Å². The summed E-state index contributed by atoms with van der Waals surface area (Å²) in [7, 11) is 0. The number of aromatic nitrogens is 4. The quantitative estimate of drug-likeness (QED) is 0.782. The number of hydrogen-bond acceptors (Lipinski definition) is 3. The highest BCUT2D eigenvalue weighted by Gasteiger charge is 2.28. The number of fused-ring (bicyclic) bond motifs is 1. The molecule has 1 saturated heterocycles. The molecular formula is C20H25N5O. The summed E-state index contributed by atoms with van der Waals surface area (Å²) in [6.07, 6.45) is 4.95. The number of aromatic amines is 1. The van der Waals surface area contributed by atoms with E-state index in [-0.39, 0.29) is 11.8 Å². The zero-order chi connectivity index (χ0) is 18.1. The number of rotatable bonds is 4. The van der Waals surface area contributed by atoms with Crippen molar-refractivity contribution >= 4 is 16.9 Å². The number of aryl methyl sites for hydroxylation is 2. The lowest BCUT2D eigenvalue weighted by Gasteiger charge is -2.31. The van der Waals surface area contributed by atoms with Crippen LogP contribution in [0, 0.1) is 6.92 Å². The molecule has 1 aromatic carbocycles. The first-order chi connectivity index (χ1) is 12.7. The van der Waals surface area contributed by atoms with Gasteiger partial charge in [-0.05, 0) is 38.3 Å². The topological polar surface area (TPSA) is 66.8 Å². The van der Waals surface area contributed by atoms with Crippen LogP contribution in [-0.4, -0.2) is 43.6 Å². The number of carbonyl (C=O) groups is 1. The van der Waals surface area contributed by atoms with Crippen molar-refractivity contribution in [1.29, 1.82) is 0 Å². The predicted octanol–water partition coefficient (Wildman–Crippen LogP) is 3.50. The summed E-state index contributed by atoms with van der Waals surface area (Å²) in [6.45, 7) is 6.38. The number of piperidine rings is 1. The minimum atomic E-state index is 0.0886. The summed E-state index contributed by atoms with van der Waals surface area (Å²) in [4.78, 5) is 23.2. The zero-order valence-corrected chi connectivity index (χ0v) is 15.4. The lowest BCUT2D eigenvalue weighted by molar-refractivity contribution is 0.0704. The Bertz CT molecular complexity index is 892. The maximum atomic E-state index is 13.0. The second kappa shape index (κ2) is 6.94. The Balaban J connectivity index is 1.53. The second-order valence-corrected chi connectivity index (χ2v) is 7.12. The van der Waals surface area contributed by atoms with Crippen LogP contribution in [-0.2, 0) is 6.54 Å². The fraction of sp³-hybridized carbons (Fsp3) is 0.450. The van der Waals surface area contributed by atoms with Crippen LogP contribution in [0.15, 0.2) is 30.5 Å². The molecule has 6 heteroatoms. The molecule has 6 nitrogen and oxygen atoms in total. The minimum Gasteiger partial charge on any atom is -0.342 e. The molecule has 1 amide bonds. The van der Waals surface area contributed by atoms with Crippen molar-refractivity contribution < 1.29 is 4.79 Å². The highest BCUT2D eigenvalue weighted by Crippen LogP contribution is 2.28. The van der Waals surface area contributed by atoms with E-state index in [1.807, 2.05) is 47.0 Å². The molecule has 0 saturated carbocycles. The van der Waals surface area contributed by atoms with E-state index in [9.17, 15) is 4.79 Å². The number of carbonyl (C=O) groups excluding carboxylic acids is 1. The number of imidazole rings is 1. The molecule has 3 aromatic rings. The Morgan fingerprint density at radius 1 is 1.35 bits per heavy atom. The van der Waals surface area contributed by atoms with E-state index in [0.717, 1.165) is 60.5 Å². The largest absolute Gasteiger partial charge is 0.342 e. The molecule has 1 fully saturated rings. The molecule has 1 atom stereocenters. The maximum absolute atomic E-state index is 13.0. The third-order valence-corrected chi connectivity index (χ3v) is 5.13. The van der Waals surface area contributed by atoms with Crippen molar-refractivity contribution in [1.82, 2.24) is 24.6 Å². The number of likely N-dealkylation sites (tertiary alicyclic amines) is 1. The lowest BCUT2D eigenvalue weighted by Crippen LogP contribution is -2.39. The van der Waals surface area contributed by atoms with E-state index in [0.29, 0.717) is 6.54 Å². The van der Waals surface area contributed by atoms with Gasteiger partial charge in [-0.15, -0.1) is 0 Å². The third kappa shape index (κ3) is 3.11. The Labute approximate surface area is 153 Å². The average molecular weight is 351 g/mol. The van der Waals surface area contributed by atoms with Crippen molar-refractivity contribution in [2.75, 3.05) is 13.1 Å². The standard InChI is InChI=1S/C20H25N5O/c1-3-10-25-13-16(14(2)23-25)20(26)24-11-6-7-15(12-24)19-21-17-8-4-5-9-18(17)22-19/h4-5,8-9,13,15H,3,6-7,10-12H2,1-2H3,(H,21,22)/t15-/m1/s1. The summed E-state index contributed by atoms with van der Waals surface area (Å²) in [6, 6.07) is 8.08. The summed E-state index contributed by atoms with van der Waals surface area (Å²) in [5, 5.41) is 4.47. The Hall–Kier alpha value is -2.63. The van der Waals surface area contributed by atoms with E-state index in [2.05, 4.69) is 17.0 Å². The normalized spacial score (nSPS) is 17.8. The number of para-hydroxylation sites is 2. The Morgan fingerprint density at radius 3 is 3.00 bits per heavy atom. The number of hydrogen-bond donors (Lipinski definition) is 1. The first-order valence-corrected chi connectivity index (χ1v) is 9.43. The van der Waals surface area contributed by atoms with Gasteiger partial charge in [0.25, 0.3) is 5.91 Å². The van der Waals surface area contributed by atoms with Crippen molar-refractivity contribution in [3.8, 4) is 0 Å². The molecule has 1 N–H and O–H groups in total. The lowest BCUT2D eigenvalue weighted by atomic mass is 9.97. The van der Waals surface area contributed by atoms with Crippen LogP contribution in [0.25, 0.3) is 11.0 Å². The second-order valence-electron chi connectivity index (χ2n) is 7.12. The van der Waals surface area contributed by atoms with Gasteiger partial charge in [0.2, 0.25) is 0 Å². The molecule has 0 aliphatic carbocycles. The fourth-order valence-electron chi connectivity index (χ4n) is 3.79. The first kappa shape index (κ1) is 16.8. The number of benzene rings is 1. The molecule has 136 valence electrons. The molecule has 0 unspecified atom stereocenters. The van der Waals surface area contributed by atoms with Crippen LogP contribution < -0.4 is 0 Å². The maximum Gasteiger partial charge on any atom is 0.257 e. The molecule has 1 aliphatic rings. The summed E-state index contributed by atoms with van der Waals surface area (Å²) < 4.78 is 1.88. The van der Waals surface area contributed by atoms with Gasteiger partial charge in [-0.2, -0.15) is 5.10 Å². The molecule has 2 aromatic heterocycles. The highest BCUT2D eigenvalue weighted by molar-refractivity contribution is 5.95. The van der Waals surface area contributed by atoms with Crippen LogP contribution >= 0.6 is 0 Å². The predicted molar refractivity (Wildman–Crippen MR) is 101 cm³/mol. The summed E-state index contributed by atoms with van der Waals surface area (Å²) >= 11 is 0. The van der Waals surface area contributed by atoms with Gasteiger partial charge in [0.15, 0.2) is 0 Å². The van der Waals surface area contributed by atoms with Crippen LogP contribution in [0.2, 0.25) is 0 Å². The summed E-state index contributed by atoms with van der Waals surface area (Å²) in [5.74, 6) is 1.33. The van der Waals surface area contributed by atoms with Crippen LogP contribution in [0.3, 0.4) is 0 Å². The van der Waals surface area contributed by atoms with E-state index in [1.165, 1.54) is 0 Å². The summed E-state index contributed by atoms with van der Waals surface area (Å²) in [5.41, 5.74) is 3.59. The number of nitrogens with one attached hydrogen (secondary N) is 1. The first-order valence-electron chi connectivity index (χ1n) is 9.43. The van der Waals surface area contributed by atoms with Crippen LogP contribution in [0.5, 0.6) is 0 Å². The molecule has 26 heavy (non-hydrogen) atoms. The molecule has 4 rings (SSSR count). The van der Waals surface area contributed by atoms with Crippen molar-refractivity contribution in [3.63, 3.8) is 0 Å². The number of H-pyrrole nitrogens is 1. The molecule has 0 spiro atoms. The molecule has 3 heterocycles. The van der Waals surface area contributed by atoms with E-state index in [1.54, 1.807) is 0 Å². The SMILES string of the molecule is CCCn1cc(C(=O)N2CCC[C@@H](c3nc4ccccc4[nH]3)C2)c(C)n1. The minimum absolute atomic E-state index is 0.0886. The van der Waals surface area contributed by atoms with Gasteiger partial charge in [0, 0.05) is 31.7 Å². The number of nitrogens with zero attached hydrogens (tertiary/aromatic N) is 4. The molecule has 0 radical (unpaired) electrons. The smallest absolute Gasteiger partial charge is 0.257 e.